The Balaban J connectivity index is 1.76. The molecule has 1 saturated heterocycles. The average Bonchev–Trinajstić information content (AvgIpc) is 2.55. The summed E-state index contributed by atoms with van der Waals surface area (Å²) in [5.41, 5.74) is 6.07. The lowest BCUT2D eigenvalue weighted by atomic mass is 10.3. The zero-order valence-electron chi connectivity index (χ0n) is 12.9. The van der Waals surface area contributed by atoms with Gasteiger partial charge in [0.1, 0.15) is 0 Å². The molecule has 0 bridgehead atoms. The van der Waals surface area contributed by atoms with Gasteiger partial charge < -0.3 is 21.1 Å². The van der Waals surface area contributed by atoms with Gasteiger partial charge in [-0.1, -0.05) is 12.1 Å². The van der Waals surface area contributed by atoms with Crippen LogP contribution in [0, 0.1) is 0 Å². The molecule has 23 heavy (non-hydrogen) atoms. The number of rotatable bonds is 7. The van der Waals surface area contributed by atoms with Crippen LogP contribution >= 0.6 is 24.0 Å². The highest BCUT2D eigenvalue weighted by Gasteiger charge is 2.10. The summed E-state index contributed by atoms with van der Waals surface area (Å²) >= 11 is 6.73. The molecule has 1 aliphatic heterocycles. The third-order valence-electron chi connectivity index (χ3n) is 3.32. The average molecular weight is 355 g/mol. The molecule has 0 unspecified atom stereocenters. The van der Waals surface area contributed by atoms with Gasteiger partial charge in [0.25, 0.3) is 0 Å². The molecule has 1 aromatic carbocycles. The highest BCUT2D eigenvalue weighted by atomic mass is 32.2. The van der Waals surface area contributed by atoms with Crippen LogP contribution in [0.1, 0.15) is 0 Å². The fourth-order valence-electron chi connectivity index (χ4n) is 2.16. The van der Waals surface area contributed by atoms with Crippen LogP contribution < -0.4 is 16.4 Å². The van der Waals surface area contributed by atoms with E-state index in [0.717, 1.165) is 50.0 Å². The Morgan fingerprint density at radius 3 is 2.83 bits per heavy atom. The van der Waals surface area contributed by atoms with Gasteiger partial charge >= 0.3 is 0 Å². The number of hydrogen-bond acceptors (Lipinski definition) is 5. The molecule has 1 fully saturated rings. The second-order valence-corrected chi connectivity index (χ2v) is 6.51. The Labute approximate surface area is 146 Å². The van der Waals surface area contributed by atoms with E-state index < -0.39 is 0 Å². The van der Waals surface area contributed by atoms with Gasteiger partial charge in [-0.15, -0.1) is 11.8 Å². The lowest BCUT2D eigenvalue weighted by Gasteiger charge is -2.26. The minimum atomic E-state index is -0.337. The number of hydrogen-bond donors (Lipinski definition) is 3. The standard InChI is InChI=1S/C15H22N4O2S2/c16-14(20)11-23-13-4-2-1-3-12(13)18-15(22)17-5-6-19-7-9-21-10-8-19/h1-4H,5-11H2,(H2,16,20)(H2,17,18,22). The first-order chi connectivity index (χ1) is 11.1. The van der Waals surface area contributed by atoms with Crippen molar-refractivity contribution in [3.05, 3.63) is 24.3 Å². The third kappa shape index (κ3) is 6.74. The van der Waals surface area contributed by atoms with Crippen LogP contribution in [0.5, 0.6) is 0 Å². The van der Waals surface area contributed by atoms with E-state index in [1.165, 1.54) is 11.8 Å². The molecule has 8 heteroatoms. The molecule has 4 N–H and O–H groups in total. The van der Waals surface area contributed by atoms with Gasteiger partial charge in [-0.25, -0.2) is 0 Å². The van der Waals surface area contributed by atoms with Gasteiger partial charge in [-0.3, -0.25) is 9.69 Å². The highest BCUT2D eigenvalue weighted by Crippen LogP contribution is 2.26. The maximum Gasteiger partial charge on any atom is 0.227 e. The predicted molar refractivity (Wildman–Crippen MR) is 97.8 cm³/mol. The van der Waals surface area contributed by atoms with Crippen LogP contribution in [0.3, 0.4) is 0 Å². The number of thioether (sulfide) groups is 1. The number of nitrogens with one attached hydrogen (secondary N) is 2. The van der Waals surface area contributed by atoms with Crippen molar-refractivity contribution < 1.29 is 9.53 Å². The summed E-state index contributed by atoms with van der Waals surface area (Å²) in [6, 6.07) is 7.71. The number of nitrogens with zero attached hydrogens (tertiary/aromatic N) is 1. The Morgan fingerprint density at radius 2 is 2.09 bits per heavy atom. The van der Waals surface area contributed by atoms with E-state index in [2.05, 4.69) is 15.5 Å². The summed E-state index contributed by atoms with van der Waals surface area (Å²) in [4.78, 5) is 14.2. The number of para-hydroxylation sites is 1. The molecule has 2 rings (SSSR count). The van der Waals surface area contributed by atoms with Gasteiger partial charge in [0.2, 0.25) is 5.91 Å². The van der Waals surface area contributed by atoms with Crippen LogP contribution in [0.25, 0.3) is 0 Å². The molecule has 1 aromatic rings. The van der Waals surface area contributed by atoms with Crippen molar-refractivity contribution >= 4 is 40.7 Å². The number of amides is 1. The predicted octanol–water partition coefficient (Wildman–Crippen LogP) is 0.883. The molecule has 0 aromatic heterocycles. The van der Waals surface area contributed by atoms with E-state index >= 15 is 0 Å². The summed E-state index contributed by atoms with van der Waals surface area (Å²) in [6.07, 6.45) is 0. The molecule has 1 heterocycles. The molecule has 0 atom stereocenters. The van der Waals surface area contributed by atoms with Gasteiger partial charge in [0.15, 0.2) is 5.11 Å². The van der Waals surface area contributed by atoms with Crippen LogP contribution in [0.2, 0.25) is 0 Å². The highest BCUT2D eigenvalue weighted by molar-refractivity contribution is 8.00. The molecular formula is C15H22N4O2S2. The van der Waals surface area contributed by atoms with Crippen LogP contribution in [0.15, 0.2) is 29.2 Å². The van der Waals surface area contributed by atoms with Gasteiger partial charge in [-0.05, 0) is 24.4 Å². The third-order valence-corrected chi connectivity index (χ3v) is 4.66. The maximum atomic E-state index is 10.9. The van der Waals surface area contributed by atoms with Gasteiger partial charge in [-0.2, -0.15) is 0 Å². The summed E-state index contributed by atoms with van der Waals surface area (Å²) in [6.45, 7) is 5.24. The number of morpholine rings is 1. The van der Waals surface area contributed by atoms with E-state index in [1.807, 2.05) is 24.3 Å². The van der Waals surface area contributed by atoms with Crippen molar-refractivity contribution in [1.82, 2.24) is 10.2 Å². The lowest BCUT2D eigenvalue weighted by molar-refractivity contribution is -0.115. The molecule has 6 nitrogen and oxygen atoms in total. The molecule has 0 aliphatic carbocycles. The number of carbonyl (C=O) groups is 1. The Bertz CT molecular complexity index is 536. The number of thiocarbonyl (C=S) groups is 1. The first-order valence-corrected chi connectivity index (χ1v) is 8.89. The summed E-state index contributed by atoms with van der Waals surface area (Å²) in [5.74, 6) is -0.0911. The second-order valence-electron chi connectivity index (χ2n) is 5.09. The molecule has 126 valence electrons. The summed E-state index contributed by atoms with van der Waals surface area (Å²) in [7, 11) is 0. The van der Waals surface area contributed by atoms with E-state index in [1.54, 1.807) is 0 Å². The molecule has 0 radical (unpaired) electrons. The van der Waals surface area contributed by atoms with Crippen molar-refractivity contribution in [3.63, 3.8) is 0 Å². The number of carbonyl (C=O) groups excluding carboxylic acids is 1. The Hall–Kier alpha value is -1.35. The molecular weight excluding hydrogens is 332 g/mol. The Morgan fingerprint density at radius 1 is 1.35 bits per heavy atom. The largest absolute Gasteiger partial charge is 0.379 e. The van der Waals surface area contributed by atoms with E-state index in [-0.39, 0.29) is 11.7 Å². The molecule has 1 amide bonds. The number of anilines is 1. The molecule has 0 saturated carbocycles. The lowest BCUT2D eigenvalue weighted by Crippen LogP contribution is -2.42. The van der Waals surface area contributed by atoms with Crippen molar-refractivity contribution in [2.45, 2.75) is 4.90 Å². The topological polar surface area (TPSA) is 79.6 Å². The second kappa shape index (κ2) is 9.71. The molecule has 0 spiro atoms. The van der Waals surface area contributed by atoms with Crippen molar-refractivity contribution in [3.8, 4) is 0 Å². The SMILES string of the molecule is NC(=O)CSc1ccccc1NC(=S)NCCN1CCOCC1. The van der Waals surface area contributed by atoms with Gasteiger partial charge in [0.05, 0.1) is 24.7 Å². The quantitative estimate of drug-likeness (QED) is 0.495. The number of primary amides is 1. The number of benzene rings is 1. The van der Waals surface area contributed by atoms with E-state index in [0.29, 0.717) is 5.11 Å². The molecule has 1 aliphatic rings. The maximum absolute atomic E-state index is 10.9. The van der Waals surface area contributed by atoms with Crippen molar-refractivity contribution in [2.24, 2.45) is 5.73 Å². The number of nitrogens with two attached hydrogens (primary N) is 1. The smallest absolute Gasteiger partial charge is 0.227 e. The summed E-state index contributed by atoms with van der Waals surface area (Å²) < 4.78 is 5.32. The first kappa shape index (κ1) is 18.0. The number of ether oxygens (including phenoxy) is 1. The van der Waals surface area contributed by atoms with Crippen molar-refractivity contribution in [2.75, 3.05) is 50.5 Å². The van der Waals surface area contributed by atoms with E-state index in [9.17, 15) is 4.79 Å². The minimum absolute atomic E-state index is 0.246. The van der Waals surface area contributed by atoms with E-state index in [4.69, 9.17) is 22.7 Å². The zero-order valence-corrected chi connectivity index (χ0v) is 14.5. The zero-order chi connectivity index (χ0) is 16.5. The van der Waals surface area contributed by atoms with Gasteiger partial charge in [0, 0.05) is 31.1 Å². The van der Waals surface area contributed by atoms with Crippen molar-refractivity contribution in [1.29, 1.82) is 0 Å². The fourth-order valence-corrected chi connectivity index (χ4v) is 3.12. The van der Waals surface area contributed by atoms with Crippen LogP contribution in [-0.4, -0.2) is 61.1 Å². The first-order valence-electron chi connectivity index (χ1n) is 7.50. The van der Waals surface area contributed by atoms with Crippen LogP contribution in [0.4, 0.5) is 5.69 Å². The summed E-state index contributed by atoms with van der Waals surface area (Å²) in [5, 5.41) is 6.96. The Kier molecular flexibility index (Phi) is 7.60. The minimum Gasteiger partial charge on any atom is -0.379 e. The fraction of sp³-hybridized carbons (Fsp3) is 0.467. The normalized spacial score (nSPS) is 15.1. The monoisotopic (exact) mass is 354 g/mol. The van der Waals surface area contributed by atoms with Crippen LogP contribution in [-0.2, 0) is 9.53 Å².